The Morgan fingerprint density at radius 3 is 2.50 bits per heavy atom. The van der Waals surface area contributed by atoms with E-state index in [0.717, 1.165) is 12.1 Å². The Kier molecular flexibility index (Phi) is 2.38. The van der Waals surface area contributed by atoms with Crippen LogP contribution in [-0.4, -0.2) is 5.91 Å². The maximum atomic E-state index is 12.5. The molecule has 0 atom stereocenters. The van der Waals surface area contributed by atoms with Crippen molar-refractivity contribution in [1.29, 1.82) is 0 Å². The molecule has 1 amide bonds. The van der Waals surface area contributed by atoms with E-state index in [1.165, 1.54) is 6.07 Å². The molecular weight excluding hydrogens is 164 g/mol. The summed E-state index contributed by atoms with van der Waals surface area (Å²) in [5.41, 5.74) is 5.23. The molecule has 0 bridgehead atoms. The average molecular weight is 171 g/mol. The third-order valence-corrected chi connectivity index (χ3v) is 1.36. The third-order valence-electron chi connectivity index (χ3n) is 1.36. The molecule has 0 aliphatic heterocycles. The minimum atomic E-state index is -0.964. The van der Waals surface area contributed by atoms with Gasteiger partial charge in [0.1, 0.15) is 0 Å². The van der Waals surface area contributed by atoms with Crippen LogP contribution in [0.4, 0.5) is 8.78 Å². The molecule has 1 aromatic rings. The van der Waals surface area contributed by atoms with E-state index in [9.17, 15) is 13.6 Å². The molecule has 0 saturated carbocycles. The van der Waals surface area contributed by atoms with Gasteiger partial charge in [-0.1, -0.05) is 6.07 Å². The predicted molar refractivity (Wildman–Crippen MR) is 39.3 cm³/mol. The average Bonchev–Trinajstić information content (AvgIpc) is 1.96. The molecule has 4 heteroatoms. The number of halogens is 2. The largest absolute Gasteiger partial charge is 0.369 e. The second-order valence-corrected chi connectivity index (χ2v) is 2.39. The van der Waals surface area contributed by atoms with Crippen molar-refractivity contribution in [3.05, 3.63) is 35.4 Å². The molecule has 1 rings (SSSR count). The standard InChI is InChI=1S/C8H7F2NO/c9-6-2-1-5(3-7(6)10)4-8(11)12/h1-3H,4H2,(H2,11,12). The minimum Gasteiger partial charge on any atom is -0.369 e. The maximum Gasteiger partial charge on any atom is 0.221 e. The topological polar surface area (TPSA) is 43.1 Å². The highest BCUT2D eigenvalue weighted by atomic mass is 19.2. The van der Waals surface area contributed by atoms with Gasteiger partial charge >= 0.3 is 0 Å². The van der Waals surface area contributed by atoms with Crippen LogP contribution in [0.2, 0.25) is 0 Å². The van der Waals surface area contributed by atoms with Crippen LogP contribution >= 0.6 is 0 Å². The summed E-state index contributed by atoms with van der Waals surface area (Å²) < 4.78 is 24.8. The number of carbonyl (C=O) groups excluding carboxylic acids is 1. The van der Waals surface area contributed by atoms with E-state index in [0.29, 0.717) is 5.56 Å². The van der Waals surface area contributed by atoms with E-state index in [1.54, 1.807) is 0 Å². The molecule has 0 aliphatic carbocycles. The summed E-state index contributed by atoms with van der Waals surface area (Å²) in [6, 6.07) is 3.25. The summed E-state index contributed by atoms with van der Waals surface area (Å²) in [6.45, 7) is 0. The zero-order valence-corrected chi connectivity index (χ0v) is 6.18. The van der Waals surface area contributed by atoms with Crippen LogP contribution in [0.15, 0.2) is 18.2 Å². The van der Waals surface area contributed by atoms with E-state index in [1.807, 2.05) is 0 Å². The van der Waals surface area contributed by atoms with Gasteiger partial charge < -0.3 is 5.73 Å². The van der Waals surface area contributed by atoms with E-state index in [4.69, 9.17) is 5.73 Å². The lowest BCUT2D eigenvalue weighted by Crippen LogP contribution is -2.13. The third kappa shape index (κ3) is 2.02. The van der Waals surface area contributed by atoms with Crippen molar-refractivity contribution in [3.8, 4) is 0 Å². The second kappa shape index (κ2) is 3.30. The monoisotopic (exact) mass is 171 g/mol. The summed E-state index contributed by atoms with van der Waals surface area (Å²) in [5, 5.41) is 0. The zero-order valence-electron chi connectivity index (χ0n) is 6.18. The first kappa shape index (κ1) is 8.64. The summed E-state index contributed by atoms with van der Waals surface area (Å²) in [6.07, 6.45) is -0.0722. The second-order valence-electron chi connectivity index (χ2n) is 2.39. The molecule has 2 N–H and O–H groups in total. The highest BCUT2D eigenvalue weighted by Gasteiger charge is 2.03. The van der Waals surface area contributed by atoms with Crippen molar-refractivity contribution >= 4 is 5.91 Å². The van der Waals surface area contributed by atoms with Gasteiger partial charge in [-0.25, -0.2) is 8.78 Å². The van der Waals surface area contributed by atoms with Crippen molar-refractivity contribution in [1.82, 2.24) is 0 Å². The quantitative estimate of drug-likeness (QED) is 0.708. The molecule has 0 fully saturated rings. The van der Waals surface area contributed by atoms with Gasteiger partial charge in [-0.15, -0.1) is 0 Å². The van der Waals surface area contributed by atoms with Gasteiger partial charge in [0.15, 0.2) is 11.6 Å². The number of amides is 1. The Morgan fingerprint density at radius 2 is 2.00 bits per heavy atom. The van der Waals surface area contributed by atoms with Crippen LogP contribution in [0, 0.1) is 11.6 Å². The van der Waals surface area contributed by atoms with Gasteiger partial charge in [-0.05, 0) is 17.7 Å². The predicted octanol–water partition coefficient (Wildman–Crippen LogP) is 0.993. The highest BCUT2D eigenvalue weighted by molar-refractivity contribution is 5.76. The number of hydrogen-bond acceptors (Lipinski definition) is 1. The smallest absolute Gasteiger partial charge is 0.221 e. The van der Waals surface area contributed by atoms with Crippen molar-refractivity contribution < 1.29 is 13.6 Å². The first-order valence-corrected chi connectivity index (χ1v) is 3.32. The van der Waals surface area contributed by atoms with Crippen LogP contribution in [0.5, 0.6) is 0 Å². The van der Waals surface area contributed by atoms with Gasteiger partial charge in [0.25, 0.3) is 0 Å². The Bertz CT molecular complexity index is 312. The van der Waals surface area contributed by atoms with E-state index < -0.39 is 17.5 Å². The Morgan fingerprint density at radius 1 is 1.33 bits per heavy atom. The molecular formula is C8H7F2NO. The molecule has 0 unspecified atom stereocenters. The van der Waals surface area contributed by atoms with Crippen molar-refractivity contribution in [2.75, 3.05) is 0 Å². The fourth-order valence-corrected chi connectivity index (χ4v) is 0.851. The number of hydrogen-bond donors (Lipinski definition) is 1. The highest BCUT2D eigenvalue weighted by Crippen LogP contribution is 2.08. The molecule has 0 spiro atoms. The molecule has 0 heterocycles. The first-order chi connectivity index (χ1) is 5.59. The van der Waals surface area contributed by atoms with Crippen LogP contribution in [0.1, 0.15) is 5.56 Å². The number of nitrogens with two attached hydrogens (primary N) is 1. The molecule has 2 nitrogen and oxygen atoms in total. The fourth-order valence-electron chi connectivity index (χ4n) is 0.851. The van der Waals surface area contributed by atoms with Crippen molar-refractivity contribution in [3.63, 3.8) is 0 Å². The van der Waals surface area contributed by atoms with Gasteiger partial charge in [0.2, 0.25) is 5.91 Å². The first-order valence-electron chi connectivity index (χ1n) is 3.32. The van der Waals surface area contributed by atoms with E-state index >= 15 is 0 Å². The van der Waals surface area contributed by atoms with E-state index in [2.05, 4.69) is 0 Å². The number of benzene rings is 1. The summed E-state index contributed by atoms with van der Waals surface area (Å²) in [4.78, 5) is 10.4. The van der Waals surface area contributed by atoms with Crippen LogP contribution in [-0.2, 0) is 11.2 Å². The molecule has 64 valence electrons. The molecule has 0 aromatic heterocycles. The lowest BCUT2D eigenvalue weighted by Gasteiger charge is -1.97. The van der Waals surface area contributed by atoms with Crippen molar-refractivity contribution in [2.24, 2.45) is 5.73 Å². The Labute approximate surface area is 68.0 Å². The van der Waals surface area contributed by atoms with Gasteiger partial charge in [0.05, 0.1) is 6.42 Å². The number of rotatable bonds is 2. The molecule has 12 heavy (non-hydrogen) atoms. The van der Waals surface area contributed by atoms with Crippen molar-refractivity contribution in [2.45, 2.75) is 6.42 Å². The minimum absolute atomic E-state index is 0.0722. The molecule has 0 saturated heterocycles. The molecule has 1 aromatic carbocycles. The SMILES string of the molecule is NC(=O)Cc1ccc(F)c(F)c1. The summed E-state index contributed by atoms with van der Waals surface area (Å²) in [5.74, 6) is -2.46. The van der Waals surface area contributed by atoms with Crippen LogP contribution < -0.4 is 5.73 Å². The Balaban J connectivity index is 2.89. The number of primary amides is 1. The zero-order chi connectivity index (χ0) is 9.14. The maximum absolute atomic E-state index is 12.5. The van der Waals surface area contributed by atoms with E-state index in [-0.39, 0.29) is 6.42 Å². The Hall–Kier alpha value is -1.45. The van der Waals surface area contributed by atoms with Gasteiger partial charge in [-0.3, -0.25) is 4.79 Å². The fraction of sp³-hybridized carbons (Fsp3) is 0.125. The molecule has 0 radical (unpaired) electrons. The van der Waals surface area contributed by atoms with Gasteiger partial charge in [0, 0.05) is 0 Å². The van der Waals surface area contributed by atoms with Crippen LogP contribution in [0.25, 0.3) is 0 Å². The normalized spacial score (nSPS) is 9.83. The molecule has 0 aliphatic rings. The number of carbonyl (C=O) groups is 1. The lowest BCUT2D eigenvalue weighted by atomic mass is 10.1. The summed E-state index contributed by atoms with van der Waals surface area (Å²) >= 11 is 0. The summed E-state index contributed by atoms with van der Waals surface area (Å²) in [7, 11) is 0. The van der Waals surface area contributed by atoms with Crippen LogP contribution in [0.3, 0.4) is 0 Å². The lowest BCUT2D eigenvalue weighted by molar-refractivity contribution is -0.117. The van der Waals surface area contributed by atoms with Gasteiger partial charge in [-0.2, -0.15) is 0 Å².